The fourth-order valence-electron chi connectivity index (χ4n) is 4.46. The summed E-state index contributed by atoms with van der Waals surface area (Å²) in [5.74, 6) is -0.212. The van der Waals surface area contributed by atoms with Crippen molar-refractivity contribution in [1.29, 1.82) is 0 Å². The molecule has 2 atom stereocenters. The first kappa shape index (κ1) is 24.0. The van der Waals surface area contributed by atoms with Crippen LogP contribution < -0.4 is 15.5 Å². The fourth-order valence-corrected chi connectivity index (χ4v) is 4.99. The zero-order valence-corrected chi connectivity index (χ0v) is 21.0. The topological polar surface area (TPSA) is 71.4 Å². The number of benzene rings is 2. The molecule has 0 aliphatic carbocycles. The van der Waals surface area contributed by atoms with E-state index in [2.05, 4.69) is 31.2 Å². The first-order chi connectivity index (χ1) is 17.5. The Morgan fingerprint density at radius 3 is 2.64 bits per heavy atom. The number of halogens is 1. The number of hydrogen-bond donors (Lipinski definition) is 2. The minimum atomic E-state index is -0.212. The standard InChI is InChI=1S/C27H24ClN5O2S/c1-35-17-24(34)30-19-10-12-20(13-11-19)33-26(25(31-27(33)36)22-8-2-3-14-29-22)23-9-5-15-32(23)21-7-4-6-18(28)16-21/h2-16,25-26H,17H2,1H3,(H,30,34)(H,31,36). The van der Waals surface area contributed by atoms with Crippen LogP contribution >= 0.6 is 23.8 Å². The smallest absolute Gasteiger partial charge is 0.250 e. The summed E-state index contributed by atoms with van der Waals surface area (Å²) in [5, 5.41) is 7.56. The minimum Gasteiger partial charge on any atom is -0.375 e. The lowest BCUT2D eigenvalue weighted by Crippen LogP contribution is -2.30. The highest BCUT2D eigenvalue weighted by atomic mass is 35.5. The van der Waals surface area contributed by atoms with Crippen LogP contribution in [0.3, 0.4) is 0 Å². The van der Waals surface area contributed by atoms with Gasteiger partial charge < -0.3 is 24.8 Å². The number of amides is 1. The molecule has 9 heteroatoms. The summed E-state index contributed by atoms with van der Waals surface area (Å²) >= 11 is 12.2. The molecule has 1 saturated heterocycles. The maximum Gasteiger partial charge on any atom is 0.250 e. The number of hydrogen-bond acceptors (Lipinski definition) is 4. The summed E-state index contributed by atoms with van der Waals surface area (Å²) in [4.78, 5) is 18.6. The zero-order chi connectivity index (χ0) is 25.1. The first-order valence-electron chi connectivity index (χ1n) is 11.4. The van der Waals surface area contributed by atoms with Gasteiger partial charge in [0.25, 0.3) is 0 Å². The molecule has 0 saturated carbocycles. The quantitative estimate of drug-likeness (QED) is 0.325. The van der Waals surface area contributed by atoms with Crippen LogP contribution in [0, 0.1) is 0 Å². The third kappa shape index (κ3) is 4.83. The Labute approximate surface area is 219 Å². The molecular formula is C27H24ClN5O2S. The Morgan fingerprint density at radius 2 is 1.92 bits per heavy atom. The molecular weight excluding hydrogens is 494 g/mol. The van der Waals surface area contributed by atoms with Gasteiger partial charge in [0.2, 0.25) is 5.91 Å². The van der Waals surface area contributed by atoms with Gasteiger partial charge in [0.05, 0.1) is 11.7 Å². The number of nitrogens with zero attached hydrogens (tertiary/aromatic N) is 3. The molecule has 0 radical (unpaired) electrons. The molecule has 7 nitrogen and oxygen atoms in total. The van der Waals surface area contributed by atoms with Crippen molar-refractivity contribution in [1.82, 2.24) is 14.9 Å². The number of rotatable bonds is 7. The number of nitrogens with one attached hydrogen (secondary N) is 2. The van der Waals surface area contributed by atoms with E-state index in [1.165, 1.54) is 7.11 Å². The number of carbonyl (C=O) groups is 1. The summed E-state index contributed by atoms with van der Waals surface area (Å²) < 4.78 is 7.02. The van der Waals surface area contributed by atoms with E-state index in [-0.39, 0.29) is 24.6 Å². The highest BCUT2D eigenvalue weighted by Gasteiger charge is 2.42. The second kappa shape index (κ2) is 10.5. The Bertz CT molecular complexity index is 1380. The van der Waals surface area contributed by atoms with Crippen molar-refractivity contribution in [2.24, 2.45) is 0 Å². The Balaban J connectivity index is 1.56. The summed E-state index contributed by atoms with van der Waals surface area (Å²) in [6.45, 7) is -0.00377. The lowest BCUT2D eigenvalue weighted by Gasteiger charge is -2.29. The summed E-state index contributed by atoms with van der Waals surface area (Å²) in [7, 11) is 1.49. The van der Waals surface area contributed by atoms with E-state index < -0.39 is 0 Å². The molecule has 2 aromatic heterocycles. The predicted molar refractivity (Wildman–Crippen MR) is 146 cm³/mol. The fraction of sp³-hybridized carbons (Fsp3) is 0.148. The zero-order valence-electron chi connectivity index (χ0n) is 19.5. The maximum atomic E-state index is 11.9. The summed E-state index contributed by atoms with van der Waals surface area (Å²) in [6, 6.07) is 24.9. The van der Waals surface area contributed by atoms with E-state index in [0.29, 0.717) is 15.8 Å². The Morgan fingerprint density at radius 1 is 1.08 bits per heavy atom. The number of methoxy groups -OCH3 is 1. The van der Waals surface area contributed by atoms with E-state index in [1.54, 1.807) is 6.20 Å². The van der Waals surface area contributed by atoms with E-state index >= 15 is 0 Å². The number of pyridine rings is 1. The van der Waals surface area contributed by atoms with Gasteiger partial charge >= 0.3 is 0 Å². The van der Waals surface area contributed by atoms with Crippen molar-refractivity contribution in [3.05, 3.63) is 108 Å². The average Bonchev–Trinajstić information content (AvgIpc) is 3.49. The summed E-state index contributed by atoms with van der Waals surface area (Å²) in [6.07, 6.45) is 3.80. The molecule has 0 spiro atoms. The van der Waals surface area contributed by atoms with Gasteiger partial charge in [-0.05, 0) is 78.9 Å². The van der Waals surface area contributed by atoms with Crippen LogP contribution in [0.5, 0.6) is 0 Å². The normalized spacial score (nSPS) is 17.2. The molecule has 2 unspecified atom stereocenters. The molecule has 2 aromatic carbocycles. The molecule has 4 aromatic rings. The highest BCUT2D eigenvalue weighted by Crippen LogP contribution is 2.42. The second-order valence-electron chi connectivity index (χ2n) is 8.31. The summed E-state index contributed by atoms with van der Waals surface area (Å²) in [5.41, 5.74) is 4.43. The van der Waals surface area contributed by atoms with E-state index in [4.69, 9.17) is 28.6 Å². The van der Waals surface area contributed by atoms with Gasteiger partial charge in [0.1, 0.15) is 12.6 Å². The SMILES string of the molecule is COCC(=O)Nc1ccc(N2C(=S)NC(c3ccccn3)C2c2cccn2-c2cccc(Cl)c2)cc1. The number of ether oxygens (including phenoxy) is 1. The third-order valence-electron chi connectivity index (χ3n) is 5.97. The van der Waals surface area contributed by atoms with Crippen LogP contribution in [0.1, 0.15) is 23.5 Å². The molecule has 1 fully saturated rings. The van der Waals surface area contributed by atoms with Gasteiger partial charge in [0.15, 0.2) is 5.11 Å². The monoisotopic (exact) mass is 517 g/mol. The molecule has 36 heavy (non-hydrogen) atoms. The Kier molecular flexibility index (Phi) is 6.99. The van der Waals surface area contributed by atoms with Crippen molar-refractivity contribution in [3.8, 4) is 5.69 Å². The molecule has 0 bridgehead atoms. The number of aromatic nitrogens is 2. The van der Waals surface area contributed by atoms with E-state index in [0.717, 1.165) is 22.8 Å². The van der Waals surface area contributed by atoms with Gasteiger partial charge in [-0.1, -0.05) is 23.7 Å². The van der Waals surface area contributed by atoms with Crippen LogP contribution in [0.4, 0.5) is 11.4 Å². The van der Waals surface area contributed by atoms with Crippen molar-refractivity contribution < 1.29 is 9.53 Å². The minimum absolute atomic E-state index is 0.00377. The number of anilines is 2. The molecule has 3 heterocycles. The lowest BCUT2D eigenvalue weighted by molar-refractivity contribution is -0.119. The van der Waals surface area contributed by atoms with Gasteiger partial charge in [-0.2, -0.15) is 0 Å². The average molecular weight is 518 g/mol. The predicted octanol–water partition coefficient (Wildman–Crippen LogP) is 5.29. The van der Waals surface area contributed by atoms with Crippen molar-refractivity contribution in [2.75, 3.05) is 23.9 Å². The van der Waals surface area contributed by atoms with Gasteiger partial charge in [-0.25, -0.2) is 0 Å². The van der Waals surface area contributed by atoms with Crippen molar-refractivity contribution in [2.45, 2.75) is 12.1 Å². The van der Waals surface area contributed by atoms with Crippen LogP contribution in [-0.2, 0) is 9.53 Å². The third-order valence-corrected chi connectivity index (χ3v) is 6.52. The number of thiocarbonyl (C=S) groups is 1. The van der Waals surface area contributed by atoms with Gasteiger partial charge in [0, 0.05) is 47.3 Å². The van der Waals surface area contributed by atoms with Crippen molar-refractivity contribution >= 4 is 46.2 Å². The van der Waals surface area contributed by atoms with E-state index in [1.807, 2.05) is 79.0 Å². The Hall–Kier alpha value is -3.72. The van der Waals surface area contributed by atoms with Crippen molar-refractivity contribution in [3.63, 3.8) is 0 Å². The molecule has 182 valence electrons. The molecule has 1 aliphatic rings. The number of carbonyl (C=O) groups excluding carboxylic acids is 1. The van der Waals surface area contributed by atoms with E-state index in [9.17, 15) is 4.79 Å². The van der Waals surface area contributed by atoms with Crippen LogP contribution in [0.15, 0.2) is 91.3 Å². The maximum absolute atomic E-state index is 11.9. The van der Waals surface area contributed by atoms with Crippen LogP contribution in [0.25, 0.3) is 5.69 Å². The second-order valence-corrected chi connectivity index (χ2v) is 9.13. The molecule has 1 amide bonds. The highest BCUT2D eigenvalue weighted by molar-refractivity contribution is 7.80. The van der Waals surface area contributed by atoms with Crippen LogP contribution in [-0.4, -0.2) is 34.3 Å². The first-order valence-corrected chi connectivity index (χ1v) is 12.2. The lowest BCUT2D eigenvalue weighted by atomic mass is 10.0. The molecule has 5 rings (SSSR count). The van der Waals surface area contributed by atoms with Crippen LogP contribution in [0.2, 0.25) is 5.02 Å². The molecule has 1 aliphatic heterocycles. The van der Waals surface area contributed by atoms with Gasteiger partial charge in [-0.15, -0.1) is 0 Å². The van der Waals surface area contributed by atoms with Gasteiger partial charge in [-0.3, -0.25) is 9.78 Å². The largest absolute Gasteiger partial charge is 0.375 e. The molecule has 2 N–H and O–H groups in total.